The Morgan fingerprint density at radius 3 is 2.42 bits per heavy atom. The second kappa shape index (κ2) is 10.9. The second-order valence-corrected chi connectivity index (χ2v) is 6.93. The van der Waals surface area contributed by atoms with E-state index in [4.69, 9.17) is 0 Å². The molecule has 0 aliphatic rings. The van der Waals surface area contributed by atoms with Gasteiger partial charge in [0.15, 0.2) is 5.12 Å². The molecule has 0 radical (unpaired) electrons. The topological polar surface area (TPSA) is 83.5 Å². The van der Waals surface area contributed by atoms with E-state index in [1.165, 1.54) is 6.92 Å². The highest BCUT2D eigenvalue weighted by Gasteiger charge is 2.25. The first kappa shape index (κ1) is 20.2. The van der Waals surface area contributed by atoms with E-state index in [1.54, 1.807) is 0 Å². The number of carbonyl (C=O) groups is 3. The zero-order chi connectivity index (χ0) is 17.9. The lowest BCUT2D eigenvalue weighted by atomic mass is 9.99. The van der Waals surface area contributed by atoms with Crippen molar-refractivity contribution in [3.05, 3.63) is 35.9 Å². The molecule has 1 amide bonds. The molecule has 132 valence electrons. The Labute approximate surface area is 147 Å². The van der Waals surface area contributed by atoms with Gasteiger partial charge in [-0.05, 0) is 18.4 Å². The van der Waals surface area contributed by atoms with Gasteiger partial charge >= 0.3 is 5.97 Å². The van der Waals surface area contributed by atoms with E-state index >= 15 is 0 Å². The molecule has 0 spiro atoms. The van der Waals surface area contributed by atoms with Gasteiger partial charge < -0.3 is 10.4 Å². The van der Waals surface area contributed by atoms with Crippen molar-refractivity contribution in [3.63, 3.8) is 0 Å². The molecule has 0 saturated heterocycles. The van der Waals surface area contributed by atoms with Crippen LogP contribution in [0.5, 0.6) is 0 Å². The smallest absolute Gasteiger partial charge is 0.326 e. The van der Waals surface area contributed by atoms with Gasteiger partial charge in [0.25, 0.3) is 0 Å². The SMILES string of the molecule is CCCC[C@H](NC(=O)C(CSC(C)=O)Cc1ccccc1)C(=O)O. The molecule has 0 aliphatic carbocycles. The predicted molar refractivity (Wildman–Crippen MR) is 95.9 cm³/mol. The molecule has 0 aromatic heterocycles. The lowest BCUT2D eigenvalue weighted by molar-refractivity contribution is -0.142. The van der Waals surface area contributed by atoms with Crippen LogP contribution < -0.4 is 5.32 Å². The number of carboxylic acids is 1. The predicted octanol–water partition coefficient (Wildman–Crippen LogP) is 2.88. The Balaban J connectivity index is 2.77. The van der Waals surface area contributed by atoms with E-state index in [1.807, 2.05) is 37.3 Å². The lowest BCUT2D eigenvalue weighted by Gasteiger charge is -2.20. The summed E-state index contributed by atoms with van der Waals surface area (Å²) in [6.07, 6.45) is 2.50. The highest BCUT2D eigenvalue weighted by Crippen LogP contribution is 2.16. The molecule has 0 fully saturated rings. The summed E-state index contributed by atoms with van der Waals surface area (Å²) in [5.74, 6) is -1.42. The zero-order valence-electron chi connectivity index (χ0n) is 14.2. The van der Waals surface area contributed by atoms with Crippen molar-refractivity contribution >= 4 is 28.8 Å². The molecule has 2 N–H and O–H groups in total. The van der Waals surface area contributed by atoms with Crippen LogP contribution in [-0.2, 0) is 20.8 Å². The Morgan fingerprint density at radius 1 is 1.21 bits per heavy atom. The zero-order valence-corrected chi connectivity index (χ0v) is 15.0. The minimum Gasteiger partial charge on any atom is -0.480 e. The third-order valence-electron chi connectivity index (χ3n) is 3.64. The van der Waals surface area contributed by atoms with Gasteiger partial charge in [-0.25, -0.2) is 4.79 Å². The summed E-state index contributed by atoms with van der Waals surface area (Å²) in [6.45, 7) is 3.44. The Morgan fingerprint density at radius 2 is 1.88 bits per heavy atom. The number of benzene rings is 1. The van der Waals surface area contributed by atoms with Crippen LogP contribution in [0.4, 0.5) is 0 Å². The monoisotopic (exact) mass is 351 g/mol. The fourth-order valence-corrected chi connectivity index (χ4v) is 3.00. The van der Waals surface area contributed by atoms with Crippen LogP contribution in [0.25, 0.3) is 0 Å². The third-order valence-corrected chi connectivity index (χ3v) is 4.62. The highest BCUT2D eigenvalue weighted by molar-refractivity contribution is 8.13. The average Bonchev–Trinajstić information content (AvgIpc) is 2.55. The number of aliphatic carboxylic acids is 1. The molecular formula is C18H25NO4S. The van der Waals surface area contributed by atoms with Gasteiger partial charge in [0.2, 0.25) is 5.91 Å². The molecule has 5 nitrogen and oxygen atoms in total. The minimum atomic E-state index is -1.02. The summed E-state index contributed by atoms with van der Waals surface area (Å²) in [6, 6.07) is 8.65. The number of hydrogen-bond donors (Lipinski definition) is 2. The van der Waals surface area contributed by atoms with Crippen molar-refractivity contribution in [1.29, 1.82) is 0 Å². The third kappa shape index (κ3) is 7.64. The van der Waals surface area contributed by atoms with Gasteiger partial charge in [-0.15, -0.1) is 0 Å². The van der Waals surface area contributed by atoms with Crippen molar-refractivity contribution in [1.82, 2.24) is 5.32 Å². The van der Waals surface area contributed by atoms with Crippen molar-refractivity contribution in [2.45, 2.75) is 45.6 Å². The second-order valence-electron chi connectivity index (χ2n) is 5.73. The largest absolute Gasteiger partial charge is 0.480 e. The molecule has 0 bridgehead atoms. The highest BCUT2D eigenvalue weighted by atomic mass is 32.2. The molecule has 0 aliphatic heterocycles. The van der Waals surface area contributed by atoms with Gasteiger partial charge in [-0.2, -0.15) is 0 Å². The van der Waals surface area contributed by atoms with Gasteiger partial charge in [0, 0.05) is 12.7 Å². The lowest BCUT2D eigenvalue weighted by Crippen LogP contribution is -2.44. The van der Waals surface area contributed by atoms with Gasteiger partial charge in [0.05, 0.1) is 5.92 Å². The summed E-state index contributed by atoms with van der Waals surface area (Å²) in [4.78, 5) is 35.1. The van der Waals surface area contributed by atoms with Crippen LogP contribution in [0.15, 0.2) is 30.3 Å². The van der Waals surface area contributed by atoms with Crippen LogP contribution in [0.3, 0.4) is 0 Å². The van der Waals surface area contributed by atoms with Gasteiger partial charge in [-0.3, -0.25) is 9.59 Å². The van der Waals surface area contributed by atoms with Crippen molar-refractivity contribution in [3.8, 4) is 0 Å². The summed E-state index contributed by atoms with van der Waals surface area (Å²) >= 11 is 1.09. The quantitative estimate of drug-likeness (QED) is 0.677. The number of rotatable bonds is 10. The van der Waals surface area contributed by atoms with E-state index < -0.39 is 17.9 Å². The first-order valence-electron chi connectivity index (χ1n) is 8.14. The number of unbranched alkanes of at least 4 members (excludes halogenated alkanes) is 1. The van der Waals surface area contributed by atoms with Crippen molar-refractivity contribution in [2.75, 3.05) is 5.75 Å². The Bertz CT molecular complexity index is 547. The molecule has 1 aromatic carbocycles. The summed E-state index contributed by atoms with van der Waals surface area (Å²) in [7, 11) is 0. The molecule has 2 atom stereocenters. The summed E-state index contributed by atoms with van der Waals surface area (Å²) in [5, 5.41) is 11.8. The molecule has 0 heterocycles. The maximum Gasteiger partial charge on any atom is 0.326 e. The molecule has 1 unspecified atom stereocenters. The Hall–Kier alpha value is -1.82. The fraction of sp³-hybridized carbons (Fsp3) is 0.500. The van der Waals surface area contributed by atoms with Crippen LogP contribution in [0, 0.1) is 5.92 Å². The number of hydrogen-bond acceptors (Lipinski definition) is 4. The molecule has 24 heavy (non-hydrogen) atoms. The number of carbonyl (C=O) groups excluding carboxylic acids is 2. The van der Waals surface area contributed by atoms with E-state index in [9.17, 15) is 19.5 Å². The standard InChI is InChI=1S/C18H25NO4S/c1-3-4-10-16(18(22)23)19-17(21)15(12-24-13(2)20)11-14-8-6-5-7-9-14/h5-9,15-16H,3-4,10-12H2,1-2H3,(H,19,21)(H,22,23)/t15?,16-/m0/s1. The normalized spacial score (nSPS) is 13.1. The number of nitrogens with one attached hydrogen (secondary N) is 1. The van der Waals surface area contributed by atoms with Crippen LogP contribution in [-0.4, -0.2) is 33.9 Å². The maximum atomic E-state index is 12.5. The minimum absolute atomic E-state index is 0.0540. The summed E-state index contributed by atoms with van der Waals surface area (Å²) < 4.78 is 0. The van der Waals surface area contributed by atoms with E-state index in [2.05, 4.69) is 5.32 Å². The van der Waals surface area contributed by atoms with Crippen molar-refractivity contribution < 1.29 is 19.5 Å². The Kier molecular flexibility index (Phi) is 9.15. The van der Waals surface area contributed by atoms with Gasteiger partial charge in [0.1, 0.15) is 6.04 Å². The van der Waals surface area contributed by atoms with Crippen LogP contribution in [0.2, 0.25) is 0 Å². The number of thioether (sulfide) groups is 1. The average molecular weight is 351 g/mol. The number of amides is 1. The maximum absolute atomic E-state index is 12.5. The molecule has 0 saturated carbocycles. The molecule has 1 rings (SSSR count). The first-order chi connectivity index (χ1) is 11.4. The van der Waals surface area contributed by atoms with E-state index in [0.29, 0.717) is 18.6 Å². The van der Waals surface area contributed by atoms with E-state index in [0.717, 1.165) is 30.2 Å². The van der Waals surface area contributed by atoms with Crippen LogP contribution in [0.1, 0.15) is 38.7 Å². The first-order valence-corrected chi connectivity index (χ1v) is 9.13. The van der Waals surface area contributed by atoms with Crippen LogP contribution >= 0.6 is 11.8 Å². The molecular weight excluding hydrogens is 326 g/mol. The summed E-state index contributed by atoms with van der Waals surface area (Å²) in [5.41, 5.74) is 0.988. The van der Waals surface area contributed by atoms with Crippen molar-refractivity contribution in [2.24, 2.45) is 5.92 Å². The number of carboxylic acid groups (broad SMARTS) is 1. The molecule has 1 aromatic rings. The van der Waals surface area contributed by atoms with Gasteiger partial charge in [-0.1, -0.05) is 61.9 Å². The van der Waals surface area contributed by atoms with E-state index in [-0.39, 0.29) is 11.0 Å². The fourth-order valence-electron chi connectivity index (χ4n) is 2.30. The molecule has 6 heteroatoms.